The van der Waals surface area contributed by atoms with E-state index in [2.05, 4.69) is 22.5 Å². The Bertz CT molecular complexity index is 903. The fourth-order valence-electron chi connectivity index (χ4n) is 2.98. The number of hydrogen-bond acceptors (Lipinski definition) is 2. The first-order valence-corrected chi connectivity index (χ1v) is 8.61. The van der Waals surface area contributed by atoms with E-state index in [0.717, 1.165) is 17.0 Å². The standard InChI is InChI=1S/C21H22FN3O/c1-15-20(13-23-21(26)12-18-9-6-10-19(22)11-18)16(2)25(24-15)14-17-7-4-3-5-8-17/h3-11H,12-14H2,1-2H3,(H,23,26). The van der Waals surface area contributed by atoms with Crippen molar-refractivity contribution in [3.8, 4) is 0 Å². The highest BCUT2D eigenvalue weighted by Gasteiger charge is 2.13. The summed E-state index contributed by atoms with van der Waals surface area (Å²) in [5.41, 5.74) is 4.81. The topological polar surface area (TPSA) is 46.9 Å². The molecule has 134 valence electrons. The van der Waals surface area contributed by atoms with Crippen molar-refractivity contribution in [1.29, 1.82) is 0 Å². The van der Waals surface area contributed by atoms with Crippen molar-refractivity contribution >= 4 is 5.91 Å². The number of carbonyl (C=O) groups excluding carboxylic acids is 1. The zero-order valence-corrected chi connectivity index (χ0v) is 15.0. The lowest BCUT2D eigenvalue weighted by Gasteiger charge is -2.08. The molecule has 5 heteroatoms. The summed E-state index contributed by atoms with van der Waals surface area (Å²) in [7, 11) is 0. The molecule has 2 aromatic carbocycles. The minimum absolute atomic E-state index is 0.134. The molecule has 0 aliphatic rings. The fraction of sp³-hybridized carbons (Fsp3) is 0.238. The van der Waals surface area contributed by atoms with Crippen LogP contribution in [0.25, 0.3) is 0 Å². The van der Waals surface area contributed by atoms with Crippen LogP contribution >= 0.6 is 0 Å². The second kappa shape index (κ2) is 7.95. The third kappa shape index (κ3) is 4.36. The highest BCUT2D eigenvalue weighted by atomic mass is 19.1. The van der Waals surface area contributed by atoms with Gasteiger partial charge in [-0.15, -0.1) is 0 Å². The Balaban J connectivity index is 1.63. The van der Waals surface area contributed by atoms with Crippen LogP contribution in [0.15, 0.2) is 54.6 Å². The zero-order valence-electron chi connectivity index (χ0n) is 15.0. The Morgan fingerprint density at radius 1 is 1.08 bits per heavy atom. The van der Waals surface area contributed by atoms with Crippen molar-refractivity contribution in [2.45, 2.75) is 33.4 Å². The monoisotopic (exact) mass is 351 g/mol. The van der Waals surface area contributed by atoms with Crippen LogP contribution in [0.2, 0.25) is 0 Å². The summed E-state index contributed by atoms with van der Waals surface area (Å²) in [6.07, 6.45) is 0.161. The van der Waals surface area contributed by atoms with Gasteiger partial charge in [0, 0.05) is 17.8 Å². The predicted molar refractivity (Wildman–Crippen MR) is 99.2 cm³/mol. The van der Waals surface area contributed by atoms with Gasteiger partial charge in [0.25, 0.3) is 0 Å². The third-order valence-corrected chi connectivity index (χ3v) is 4.42. The van der Waals surface area contributed by atoms with Gasteiger partial charge in [-0.25, -0.2) is 4.39 Å². The summed E-state index contributed by atoms with van der Waals surface area (Å²) in [4.78, 5) is 12.2. The average Bonchev–Trinajstić information content (AvgIpc) is 2.87. The molecule has 4 nitrogen and oxygen atoms in total. The van der Waals surface area contributed by atoms with E-state index in [1.165, 1.54) is 17.7 Å². The normalized spacial score (nSPS) is 10.7. The van der Waals surface area contributed by atoms with Gasteiger partial charge in [-0.2, -0.15) is 5.10 Å². The van der Waals surface area contributed by atoms with Crippen LogP contribution < -0.4 is 5.32 Å². The molecule has 0 aliphatic heterocycles. The predicted octanol–water partition coefficient (Wildman–Crippen LogP) is 3.55. The molecule has 1 amide bonds. The summed E-state index contributed by atoms with van der Waals surface area (Å²) in [5.74, 6) is -0.464. The summed E-state index contributed by atoms with van der Waals surface area (Å²) >= 11 is 0. The van der Waals surface area contributed by atoms with E-state index in [1.807, 2.05) is 36.7 Å². The molecular formula is C21H22FN3O. The van der Waals surface area contributed by atoms with Crippen LogP contribution in [0, 0.1) is 19.7 Å². The van der Waals surface area contributed by atoms with Gasteiger partial charge in [0.05, 0.1) is 18.7 Å². The molecule has 0 atom stereocenters. The van der Waals surface area contributed by atoms with Gasteiger partial charge in [-0.1, -0.05) is 42.5 Å². The van der Waals surface area contributed by atoms with Gasteiger partial charge in [-0.3, -0.25) is 9.48 Å². The number of rotatable bonds is 6. The number of aryl methyl sites for hydroxylation is 1. The SMILES string of the molecule is Cc1nn(Cc2ccccc2)c(C)c1CNC(=O)Cc1cccc(F)c1. The van der Waals surface area contributed by atoms with Crippen LogP contribution in [0.5, 0.6) is 0 Å². The van der Waals surface area contributed by atoms with Crippen molar-refractivity contribution in [3.63, 3.8) is 0 Å². The minimum Gasteiger partial charge on any atom is -0.352 e. The van der Waals surface area contributed by atoms with E-state index in [-0.39, 0.29) is 18.1 Å². The molecule has 1 heterocycles. The lowest BCUT2D eigenvalue weighted by Crippen LogP contribution is -2.25. The largest absolute Gasteiger partial charge is 0.352 e. The molecule has 0 fully saturated rings. The molecule has 3 rings (SSSR count). The van der Waals surface area contributed by atoms with Gasteiger partial charge >= 0.3 is 0 Å². The number of nitrogens with one attached hydrogen (secondary N) is 1. The maximum Gasteiger partial charge on any atom is 0.224 e. The van der Waals surface area contributed by atoms with Crippen molar-refractivity contribution in [3.05, 3.63) is 88.5 Å². The molecule has 0 saturated carbocycles. The summed E-state index contributed by atoms with van der Waals surface area (Å²) in [5, 5.41) is 7.51. The smallest absolute Gasteiger partial charge is 0.224 e. The van der Waals surface area contributed by atoms with E-state index in [4.69, 9.17) is 0 Å². The second-order valence-corrected chi connectivity index (χ2v) is 6.38. The first-order chi connectivity index (χ1) is 12.5. The molecule has 3 aromatic rings. The number of nitrogens with zero attached hydrogens (tertiary/aromatic N) is 2. The van der Waals surface area contributed by atoms with Gasteiger partial charge in [0.15, 0.2) is 0 Å². The summed E-state index contributed by atoms with van der Waals surface area (Å²) < 4.78 is 15.2. The number of aromatic nitrogens is 2. The van der Waals surface area contributed by atoms with Crippen LogP contribution in [0.3, 0.4) is 0 Å². The lowest BCUT2D eigenvalue weighted by molar-refractivity contribution is -0.120. The minimum atomic E-state index is -0.329. The molecule has 26 heavy (non-hydrogen) atoms. The summed E-state index contributed by atoms with van der Waals surface area (Å²) in [6.45, 7) is 5.07. The zero-order chi connectivity index (χ0) is 18.5. The number of halogens is 1. The lowest BCUT2D eigenvalue weighted by atomic mass is 10.1. The maximum absolute atomic E-state index is 13.2. The molecule has 1 aromatic heterocycles. The van der Waals surface area contributed by atoms with Gasteiger partial charge in [-0.05, 0) is 37.1 Å². The van der Waals surface area contributed by atoms with Crippen LogP contribution in [-0.4, -0.2) is 15.7 Å². The first-order valence-electron chi connectivity index (χ1n) is 8.61. The molecule has 1 N–H and O–H groups in total. The van der Waals surface area contributed by atoms with Crippen molar-refractivity contribution < 1.29 is 9.18 Å². The van der Waals surface area contributed by atoms with E-state index in [1.54, 1.807) is 12.1 Å². The molecule has 0 bridgehead atoms. The highest BCUT2D eigenvalue weighted by molar-refractivity contribution is 5.78. The number of hydrogen-bond donors (Lipinski definition) is 1. The van der Waals surface area contributed by atoms with Gasteiger partial charge in [0.1, 0.15) is 5.82 Å². The molecule has 0 saturated heterocycles. The Morgan fingerprint density at radius 2 is 1.81 bits per heavy atom. The molecule has 0 spiro atoms. The van der Waals surface area contributed by atoms with Gasteiger partial charge < -0.3 is 5.32 Å². The fourth-order valence-corrected chi connectivity index (χ4v) is 2.98. The second-order valence-electron chi connectivity index (χ2n) is 6.38. The van der Waals surface area contributed by atoms with Gasteiger partial charge in [0.2, 0.25) is 5.91 Å². The first kappa shape index (κ1) is 17.9. The van der Waals surface area contributed by atoms with E-state index in [9.17, 15) is 9.18 Å². The molecular weight excluding hydrogens is 329 g/mol. The molecule has 0 aliphatic carbocycles. The number of amides is 1. The Morgan fingerprint density at radius 3 is 2.54 bits per heavy atom. The quantitative estimate of drug-likeness (QED) is 0.738. The van der Waals surface area contributed by atoms with E-state index < -0.39 is 0 Å². The van der Waals surface area contributed by atoms with Crippen LogP contribution in [0.4, 0.5) is 4.39 Å². The third-order valence-electron chi connectivity index (χ3n) is 4.42. The van der Waals surface area contributed by atoms with Crippen molar-refractivity contribution in [1.82, 2.24) is 15.1 Å². The Labute approximate surface area is 152 Å². The Hall–Kier alpha value is -2.95. The average molecular weight is 351 g/mol. The highest BCUT2D eigenvalue weighted by Crippen LogP contribution is 2.15. The van der Waals surface area contributed by atoms with Crippen molar-refractivity contribution in [2.75, 3.05) is 0 Å². The van der Waals surface area contributed by atoms with Crippen LogP contribution in [-0.2, 0) is 24.3 Å². The Kier molecular flexibility index (Phi) is 5.46. The van der Waals surface area contributed by atoms with Crippen molar-refractivity contribution in [2.24, 2.45) is 0 Å². The molecule has 0 unspecified atom stereocenters. The number of benzene rings is 2. The van der Waals surface area contributed by atoms with E-state index >= 15 is 0 Å². The van der Waals surface area contributed by atoms with E-state index in [0.29, 0.717) is 18.7 Å². The maximum atomic E-state index is 13.2. The molecule has 0 radical (unpaired) electrons. The number of carbonyl (C=O) groups is 1. The van der Waals surface area contributed by atoms with Crippen LogP contribution in [0.1, 0.15) is 28.1 Å². The summed E-state index contributed by atoms with van der Waals surface area (Å²) in [6, 6.07) is 16.3.